The second-order valence-electron chi connectivity index (χ2n) is 7.44. The van der Waals surface area contributed by atoms with Crippen molar-refractivity contribution >= 4 is 6.08 Å². The zero-order valence-corrected chi connectivity index (χ0v) is 17.2. The highest BCUT2D eigenvalue weighted by molar-refractivity contribution is 5.50. The average molecular weight is 422 g/mol. The summed E-state index contributed by atoms with van der Waals surface area (Å²) in [6.45, 7) is 3.68. The molecule has 3 rings (SSSR count). The molecule has 1 saturated carbocycles. The van der Waals surface area contributed by atoms with Gasteiger partial charge in [0.15, 0.2) is 23.2 Å². The maximum atomic E-state index is 14.4. The van der Waals surface area contributed by atoms with E-state index in [4.69, 9.17) is 9.47 Å². The van der Waals surface area contributed by atoms with Crippen molar-refractivity contribution in [3.8, 4) is 5.75 Å². The average Bonchev–Trinajstić information content (AvgIpc) is 2.75. The highest BCUT2D eigenvalue weighted by Crippen LogP contribution is 2.37. The summed E-state index contributed by atoms with van der Waals surface area (Å²) in [6, 6.07) is 6.10. The normalized spacial score (nSPS) is 19.4. The minimum absolute atomic E-state index is 0.0275. The molecule has 0 aromatic heterocycles. The molecule has 0 saturated heterocycles. The van der Waals surface area contributed by atoms with Crippen LogP contribution in [0.3, 0.4) is 0 Å². The topological polar surface area (TPSA) is 18.5 Å². The Morgan fingerprint density at radius 2 is 1.63 bits per heavy atom. The fraction of sp³-hybridized carbons (Fsp3) is 0.417. The lowest BCUT2D eigenvalue weighted by molar-refractivity contribution is 0.0116. The standard InChI is InChI=1S/C24H26F4O2/c1-3-5-16-6-7-17(22(26)21(16)25)14-30-18-10-8-15(9-11-18)19-12-13-20(29-4-2)24(28)23(19)27/h3,5-7,12-13,15,18H,4,8-11,14H2,1-2H3. The molecular weight excluding hydrogens is 396 g/mol. The van der Waals surface area contributed by atoms with Gasteiger partial charge in [-0.25, -0.2) is 13.2 Å². The van der Waals surface area contributed by atoms with Crippen molar-refractivity contribution in [2.75, 3.05) is 6.61 Å². The summed E-state index contributed by atoms with van der Waals surface area (Å²) >= 11 is 0. The smallest absolute Gasteiger partial charge is 0.200 e. The van der Waals surface area contributed by atoms with Gasteiger partial charge in [0.05, 0.1) is 19.3 Å². The summed E-state index contributed by atoms with van der Waals surface area (Å²) < 4.78 is 67.7. The van der Waals surface area contributed by atoms with Crippen LogP contribution in [0.2, 0.25) is 0 Å². The molecule has 0 spiro atoms. The Morgan fingerprint density at radius 3 is 2.30 bits per heavy atom. The van der Waals surface area contributed by atoms with Crippen LogP contribution in [-0.2, 0) is 11.3 Å². The molecule has 0 bridgehead atoms. The van der Waals surface area contributed by atoms with Gasteiger partial charge in [0, 0.05) is 11.1 Å². The Morgan fingerprint density at radius 1 is 0.900 bits per heavy atom. The third-order valence-corrected chi connectivity index (χ3v) is 5.50. The number of ether oxygens (including phenoxy) is 2. The fourth-order valence-electron chi connectivity index (χ4n) is 3.90. The molecule has 1 aliphatic carbocycles. The molecule has 1 aliphatic rings. The van der Waals surface area contributed by atoms with Crippen molar-refractivity contribution in [2.24, 2.45) is 0 Å². The Kier molecular flexibility index (Phi) is 7.53. The summed E-state index contributed by atoms with van der Waals surface area (Å²) in [7, 11) is 0. The molecule has 162 valence electrons. The van der Waals surface area contributed by atoms with Gasteiger partial charge in [-0.05, 0) is 57.1 Å². The van der Waals surface area contributed by atoms with Crippen molar-refractivity contribution < 1.29 is 27.0 Å². The van der Waals surface area contributed by atoms with E-state index in [0.29, 0.717) is 31.2 Å². The largest absolute Gasteiger partial charge is 0.491 e. The monoisotopic (exact) mass is 422 g/mol. The SMILES string of the molecule is CC=Cc1ccc(COC2CCC(c3ccc(OCC)c(F)c3F)CC2)c(F)c1F. The maximum absolute atomic E-state index is 14.4. The highest BCUT2D eigenvalue weighted by atomic mass is 19.2. The van der Waals surface area contributed by atoms with E-state index in [0.717, 1.165) is 0 Å². The van der Waals surface area contributed by atoms with Gasteiger partial charge in [-0.3, -0.25) is 0 Å². The summed E-state index contributed by atoms with van der Waals surface area (Å²) in [4.78, 5) is 0. The van der Waals surface area contributed by atoms with Crippen LogP contribution in [0.25, 0.3) is 6.08 Å². The van der Waals surface area contributed by atoms with E-state index in [1.807, 2.05) is 0 Å². The minimum atomic E-state index is -0.952. The van der Waals surface area contributed by atoms with Gasteiger partial charge in [0.25, 0.3) is 0 Å². The minimum Gasteiger partial charge on any atom is -0.491 e. The van der Waals surface area contributed by atoms with E-state index >= 15 is 0 Å². The van der Waals surface area contributed by atoms with Gasteiger partial charge in [0.2, 0.25) is 5.82 Å². The molecule has 0 unspecified atom stereocenters. The molecule has 0 atom stereocenters. The van der Waals surface area contributed by atoms with E-state index in [-0.39, 0.29) is 42.1 Å². The highest BCUT2D eigenvalue weighted by Gasteiger charge is 2.27. The van der Waals surface area contributed by atoms with Crippen LogP contribution < -0.4 is 4.74 Å². The Bertz CT molecular complexity index is 903. The molecule has 30 heavy (non-hydrogen) atoms. The lowest BCUT2D eigenvalue weighted by Crippen LogP contribution is -2.21. The van der Waals surface area contributed by atoms with Crippen molar-refractivity contribution in [3.05, 3.63) is 70.3 Å². The number of allylic oxidation sites excluding steroid dienone is 1. The van der Waals surface area contributed by atoms with Crippen molar-refractivity contribution in [1.82, 2.24) is 0 Å². The first-order chi connectivity index (χ1) is 14.5. The second-order valence-corrected chi connectivity index (χ2v) is 7.44. The van der Waals surface area contributed by atoms with Crippen LogP contribution >= 0.6 is 0 Å². The fourth-order valence-corrected chi connectivity index (χ4v) is 3.90. The van der Waals surface area contributed by atoms with Crippen molar-refractivity contribution in [2.45, 2.75) is 58.2 Å². The first-order valence-corrected chi connectivity index (χ1v) is 10.3. The predicted molar refractivity (Wildman–Crippen MR) is 108 cm³/mol. The summed E-state index contributed by atoms with van der Waals surface area (Å²) in [5.41, 5.74) is 0.716. The van der Waals surface area contributed by atoms with Crippen LogP contribution in [0.4, 0.5) is 17.6 Å². The zero-order valence-electron chi connectivity index (χ0n) is 17.2. The van der Waals surface area contributed by atoms with Crippen LogP contribution in [0.1, 0.15) is 62.1 Å². The quantitative estimate of drug-likeness (QED) is 0.451. The van der Waals surface area contributed by atoms with E-state index in [9.17, 15) is 17.6 Å². The number of hydrogen-bond acceptors (Lipinski definition) is 2. The molecule has 0 amide bonds. The van der Waals surface area contributed by atoms with Gasteiger partial charge in [-0.1, -0.05) is 30.4 Å². The molecule has 6 heteroatoms. The number of hydrogen-bond donors (Lipinski definition) is 0. The summed E-state index contributed by atoms with van der Waals surface area (Å²) in [5, 5.41) is 0. The van der Waals surface area contributed by atoms with Gasteiger partial charge in [-0.15, -0.1) is 0 Å². The predicted octanol–water partition coefficient (Wildman–Crippen LogP) is 6.92. The number of benzene rings is 2. The van der Waals surface area contributed by atoms with Crippen LogP contribution in [0, 0.1) is 23.3 Å². The van der Waals surface area contributed by atoms with Crippen molar-refractivity contribution in [1.29, 1.82) is 0 Å². The molecule has 0 aliphatic heterocycles. The molecule has 2 aromatic rings. The van der Waals surface area contributed by atoms with Crippen LogP contribution in [0.5, 0.6) is 5.75 Å². The Labute approximate surface area is 174 Å². The molecular formula is C24H26F4O2. The van der Waals surface area contributed by atoms with E-state index in [1.165, 1.54) is 24.3 Å². The third kappa shape index (κ3) is 4.86. The first kappa shape index (κ1) is 22.3. The van der Waals surface area contributed by atoms with Gasteiger partial charge in [0.1, 0.15) is 0 Å². The molecule has 0 N–H and O–H groups in total. The lowest BCUT2D eigenvalue weighted by atomic mass is 9.82. The maximum Gasteiger partial charge on any atom is 0.200 e. The van der Waals surface area contributed by atoms with Crippen LogP contribution in [0.15, 0.2) is 30.3 Å². The second kappa shape index (κ2) is 10.1. The molecule has 1 fully saturated rings. The lowest BCUT2D eigenvalue weighted by Gasteiger charge is -2.29. The molecule has 2 nitrogen and oxygen atoms in total. The Balaban J connectivity index is 1.58. The third-order valence-electron chi connectivity index (χ3n) is 5.50. The number of halogens is 4. The summed E-state index contributed by atoms with van der Waals surface area (Å²) in [6.07, 6.45) is 5.56. The van der Waals surface area contributed by atoms with Crippen LogP contribution in [-0.4, -0.2) is 12.7 Å². The Hall–Kier alpha value is -2.34. The molecule has 0 heterocycles. The van der Waals surface area contributed by atoms with E-state index in [2.05, 4.69) is 0 Å². The van der Waals surface area contributed by atoms with Crippen molar-refractivity contribution in [3.63, 3.8) is 0 Å². The summed E-state index contributed by atoms with van der Waals surface area (Å²) in [5.74, 6) is -3.78. The van der Waals surface area contributed by atoms with Gasteiger partial charge >= 0.3 is 0 Å². The van der Waals surface area contributed by atoms with E-state index < -0.39 is 23.3 Å². The number of rotatable bonds is 7. The van der Waals surface area contributed by atoms with E-state index in [1.54, 1.807) is 26.0 Å². The zero-order chi connectivity index (χ0) is 21.7. The molecule has 2 aromatic carbocycles. The molecule has 0 radical (unpaired) electrons. The van der Waals surface area contributed by atoms with Gasteiger partial charge in [-0.2, -0.15) is 4.39 Å². The first-order valence-electron chi connectivity index (χ1n) is 10.3. The van der Waals surface area contributed by atoms with Gasteiger partial charge < -0.3 is 9.47 Å².